The topological polar surface area (TPSA) is 24.5 Å². The van der Waals surface area contributed by atoms with Crippen molar-refractivity contribution in [2.75, 3.05) is 13.2 Å². The third-order valence-electron chi connectivity index (χ3n) is 2.66. The Morgan fingerprint density at radius 1 is 1.41 bits per heavy atom. The summed E-state index contributed by atoms with van der Waals surface area (Å²) < 4.78 is 39.4. The van der Waals surface area contributed by atoms with Crippen LogP contribution in [0.5, 0.6) is 0 Å². The summed E-state index contributed by atoms with van der Waals surface area (Å²) in [6.45, 7) is 2.32. The van der Waals surface area contributed by atoms with Crippen LogP contribution in [-0.4, -0.2) is 24.5 Å². The maximum absolute atomic E-state index is 11.9. The van der Waals surface area contributed by atoms with Crippen LogP contribution >= 0.6 is 0 Å². The summed E-state index contributed by atoms with van der Waals surface area (Å²) in [7, 11) is 0. The van der Waals surface area contributed by atoms with Crippen molar-refractivity contribution in [1.82, 2.24) is 10.4 Å². The maximum atomic E-state index is 11.9. The van der Waals surface area contributed by atoms with Gasteiger partial charge in [-0.1, -0.05) is 13.0 Å². The molecule has 94 valence electrons. The van der Waals surface area contributed by atoms with Crippen molar-refractivity contribution < 1.29 is 17.9 Å². The van der Waals surface area contributed by atoms with Gasteiger partial charge in [0.15, 0.2) is 0 Å². The molecule has 0 aromatic heterocycles. The molecule has 6 heteroatoms. The number of rotatable bonds is 3. The summed E-state index contributed by atoms with van der Waals surface area (Å²) in [6, 6.07) is 0. The first-order valence-corrected chi connectivity index (χ1v) is 5.34. The minimum absolute atomic E-state index is 0.465. The van der Waals surface area contributed by atoms with E-state index in [1.807, 2.05) is 13.0 Å². The van der Waals surface area contributed by atoms with E-state index in [0.29, 0.717) is 5.57 Å². The number of hydrazine groups is 1. The Hall–Kier alpha value is -1.27. The molecule has 0 fully saturated rings. The molecule has 0 unspecified atom stereocenters. The number of fused-ring (bicyclic) bond motifs is 1. The molecular formula is C11H13F3N2O. The zero-order valence-electron chi connectivity index (χ0n) is 9.34. The molecule has 0 radical (unpaired) electrons. The van der Waals surface area contributed by atoms with E-state index < -0.39 is 13.0 Å². The van der Waals surface area contributed by atoms with E-state index in [4.69, 9.17) is 0 Å². The zero-order valence-corrected chi connectivity index (χ0v) is 9.34. The second-order valence-electron chi connectivity index (χ2n) is 3.82. The third-order valence-corrected chi connectivity index (χ3v) is 2.66. The van der Waals surface area contributed by atoms with Crippen LogP contribution in [0.1, 0.15) is 13.3 Å². The average molecular weight is 246 g/mol. The average Bonchev–Trinajstić information content (AvgIpc) is 2.67. The molecule has 2 aliphatic rings. The third kappa shape index (κ3) is 2.89. The Bertz CT molecular complexity index is 396. The number of allylic oxidation sites excluding steroid dienone is 1. The predicted molar refractivity (Wildman–Crippen MR) is 56.4 cm³/mol. The molecule has 0 amide bonds. The lowest BCUT2D eigenvalue weighted by atomic mass is 10.1. The van der Waals surface area contributed by atoms with Crippen molar-refractivity contribution in [2.45, 2.75) is 19.7 Å². The molecule has 2 heterocycles. The fourth-order valence-electron chi connectivity index (χ4n) is 1.79. The standard InChI is InChI=1S/C11H13F3N2O/c1-2-9-5-15-16-6-8(3-4-10(9)16)7-17-11(12,13)14/h3-4,6,15H,2,5,7H2,1H3. The summed E-state index contributed by atoms with van der Waals surface area (Å²) in [5.74, 6) is 0. The molecule has 17 heavy (non-hydrogen) atoms. The number of halogens is 3. The summed E-state index contributed by atoms with van der Waals surface area (Å²) in [4.78, 5) is 0. The van der Waals surface area contributed by atoms with Gasteiger partial charge in [-0.15, -0.1) is 13.2 Å². The van der Waals surface area contributed by atoms with E-state index in [1.165, 1.54) is 5.57 Å². The first-order chi connectivity index (χ1) is 7.99. The van der Waals surface area contributed by atoms with E-state index in [9.17, 15) is 13.2 Å². The lowest BCUT2D eigenvalue weighted by molar-refractivity contribution is -0.320. The number of ether oxygens (including phenoxy) is 1. The highest BCUT2D eigenvalue weighted by atomic mass is 19.4. The van der Waals surface area contributed by atoms with Gasteiger partial charge in [0.25, 0.3) is 0 Å². The molecular weight excluding hydrogens is 233 g/mol. The molecule has 3 nitrogen and oxygen atoms in total. The van der Waals surface area contributed by atoms with Crippen molar-refractivity contribution in [2.24, 2.45) is 0 Å². The second-order valence-corrected chi connectivity index (χ2v) is 3.82. The lowest BCUT2D eigenvalue weighted by Gasteiger charge is -2.21. The van der Waals surface area contributed by atoms with Crippen LogP contribution in [0.25, 0.3) is 0 Å². The monoisotopic (exact) mass is 246 g/mol. The Kier molecular flexibility index (Phi) is 3.26. The van der Waals surface area contributed by atoms with Crippen molar-refractivity contribution in [3.63, 3.8) is 0 Å². The predicted octanol–water partition coefficient (Wildman–Crippen LogP) is 2.46. The van der Waals surface area contributed by atoms with Crippen molar-refractivity contribution in [1.29, 1.82) is 0 Å². The van der Waals surface area contributed by atoms with Gasteiger partial charge in [-0.25, -0.2) is 5.43 Å². The van der Waals surface area contributed by atoms with E-state index in [1.54, 1.807) is 17.3 Å². The molecule has 0 aromatic rings. The first-order valence-electron chi connectivity index (χ1n) is 5.34. The SMILES string of the molecule is CCC1=C2C=CC(COC(F)(F)F)=CN2NC1. The maximum Gasteiger partial charge on any atom is 0.522 e. The van der Waals surface area contributed by atoms with Gasteiger partial charge in [-0.3, -0.25) is 9.75 Å². The normalized spacial score (nSPS) is 19.8. The molecule has 2 rings (SSSR count). The van der Waals surface area contributed by atoms with Gasteiger partial charge in [0.1, 0.15) is 0 Å². The Labute approximate surface area is 97.2 Å². The van der Waals surface area contributed by atoms with Crippen LogP contribution in [0.4, 0.5) is 13.2 Å². The number of nitrogens with zero attached hydrogens (tertiary/aromatic N) is 1. The summed E-state index contributed by atoms with van der Waals surface area (Å²) in [6.07, 6.45) is 1.43. The van der Waals surface area contributed by atoms with Gasteiger partial charge >= 0.3 is 6.36 Å². The van der Waals surface area contributed by atoms with Gasteiger partial charge in [0.05, 0.1) is 12.3 Å². The first kappa shape index (κ1) is 12.2. The van der Waals surface area contributed by atoms with Gasteiger partial charge in [-0.2, -0.15) is 0 Å². The molecule has 0 bridgehead atoms. The van der Waals surface area contributed by atoms with E-state index >= 15 is 0 Å². The Morgan fingerprint density at radius 3 is 2.82 bits per heavy atom. The zero-order chi connectivity index (χ0) is 12.5. The van der Waals surface area contributed by atoms with Crippen molar-refractivity contribution in [3.8, 4) is 0 Å². The lowest BCUT2D eigenvalue weighted by Crippen LogP contribution is -2.28. The molecule has 0 spiro atoms. The highest BCUT2D eigenvalue weighted by Crippen LogP contribution is 2.25. The van der Waals surface area contributed by atoms with Crippen molar-refractivity contribution in [3.05, 3.63) is 35.2 Å². The van der Waals surface area contributed by atoms with E-state index in [2.05, 4.69) is 10.2 Å². The highest BCUT2D eigenvalue weighted by molar-refractivity contribution is 5.39. The van der Waals surface area contributed by atoms with Gasteiger partial charge in [-0.05, 0) is 23.6 Å². The minimum Gasteiger partial charge on any atom is -0.287 e. The number of nitrogens with one attached hydrogen (secondary N) is 1. The minimum atomic E-state index is -4.59. The van der Waals surface area contributed by atoms with Crippen LogP contribution in [0.3, 0.4) is 0 Å². The molecule has 0 atom stereocenters. The fraction of sp³-hybridized carbons (Fsp3) is 0.455. The van der Waals surface area contributed by atoms with Crippen LogP contribution < -0.4 is 5.43 Å². The molecule has 0 saturated heterocycles. The number of hydrogen-bond acceptors (Lipinski definition) is 3. The van der Waals surface area contributed by atoms with E-state index in [-0.39, 0.29) is 0 Å². The summed E-state index contributed by atoms with van der Waals surface area (Å²) in [5.41, 5.74) is 5.82. The summed E-state index contributed by atoms with van der Waals surface area (Å²) >= 11 is 0. The molecule has 0 saturated carbocycles. The Morgan fingerprint density at radius 2 is 2.18 bits per heavy atom. The van der Waals surface area contributed by atoms with E-state index in [0.717, 1.165) is 18.7 Å². The molecule has 2 aliphatic heterocycles. The van der Waals surface area contributed by atoms with Gasteiger partial charge in [0.2, 0.25) is 0 Å². The molecule has 0 aliphatic carbocycles. The van der Waals surface area contributed by atoms with Crippen molar-refractivity contribution >= 4 is 0 Å². The second kappa shape index (κ2) is 4.54. The van der Waals surface area contributed by atoms with Crippen LogP contribution in [-0.2, 0) is 4.74 Å². The Balaban J connectivity index is 2.02. The largest absolute Gasteiger partial charge is 0.522 e. The molecule has 0 aromatic carbocycles. The number of alkyl halides is 3. The highest BCUT2D eigenvalue weighted by Gasteiger charge is 2.29. The van der Waals surface area contributed by atoms with Crippen LogP contribution in [0.15, 0.2) is 35.2 Å². The fourth-order valence-corrected chi connectivity index (χ4v) is 1.79. The smallest absolute Gasteiger partial charge is 0.287 e. The van der Waals surface area contributed by atoms with Gasteiger partial charge < -0.3 is 0 Å². The van der Waals surface area contributed by atoms with Crippen LogP contribution in [0.2, 0.25) is 0 Å². The van der Waals surface area contributed by atoms with Gasteiger partial charge in [0, 0.05) is 12.7 Å². The molecule has 1 N–H and O–H groups in total. The van der Waals surface area contributed by atoms with Crippen LogP contribution in [0, 0.1) is 0 Å². The summed E-state index contributed by atoms with van der Waals surface area (Å²) in [5, 5.41) is 1.74. The number of hydrogen-bond donors (Lipinski definition) is 1. The quantitative estimate of drug-likeness (QED) is 0.827.